The molecule has 0 radical (unpaired) electrons. The van der Waals surface area contributed by atoms with Gasteiger partial charge in [0.1, 0.15) is 0 Å². The van der Waals surface area contributed by atoms with Crippen LogP contribution in [0.4, 0.5) is 5.69 Å². The van der Waals surface area contributed by atoms with Crippen molar-refractivity contribution in [3.05, 3.63) is 62.1 Å². The lowest BCUT2D eigenvalue weighted by Gasteiger charge is -2.09. The molecule has 0 aliphatic heterocycles. The molecule has 3 nitrogen and oxygen atoms in total. The van der Waals surface area contributed by atoms with Gasteiger partial charge in [-0.2, -0.15) is 0 Å². The molecule has 0 atom stereocenters. The summed E-state index contributed by atoms with van der Waals surface area (Å²) in [5.41, 5.74) is 1.59. The van der Waals surface area contributed by atoms with E-state index >= 15 is 0 Å². The molecule has 2 rings (SSSR count). The minimum Gasteiger partial charge on any atom is -0.258 e. The Morgan fingerprint density at radius 1 is 1.11 bits per heavy atom. The first-order valence-corrected chi connectivity index (χ1v) is 5.96. The molecule has 92 valence electrons. The van der Waals surface area contributed by atoms with Gasteiger partial charge in [0, 0.05) is 6.07 Å². The lowest BCUT2D eigenvalue weighted by atomic mass is 10.0. The molecule has 0 amide bonds. The van der Waals surface area contributed by atoms with E-state index in [1.54, 1.807) is 31.2 Å². The first-order valence-electron chi connectivity index (χ1n) is 5.20. The number of hydrogen-bond donors (Lipinski definition) is 0. The minimum atomic E-state index is -0.447. The lowest BCUT2D eigenvalue weighted by molar-refractivity contribution is -0.384. The van der Waals surface area contributed by atoms with Crippen LogP contribution < -0.4 is 0 Å². The molecule has 0 bridgehead atoms. The summed E-state index contributed by atoms with van der Waals surface area (Å²) in [7, 11) is 0. The second kappa shape index (κ2) is 4.96. The number of nitrogens with zero attached hydrogens (tertiary/aromatic N) is 1. The van der Waals surface area contributed by atoms with Crippen LogP contribution in [0.1, 0.15) is 5.56 Å². The SMILES string of the molecule is Cc1cc([N+](=O)[O-])c(-c2ccccc2)c(Cl)c1Cl. The van der Waals surface area contributed by atoms with Crippen LogP contribution in [-0.2, 0) is 0 Å². The van der Waals surface area contributed by atoms with E-state index in [0.29, 0.717) is 21.7 Å². The Morgan fingerprint density at radius 2 is 1.72 bits per heavy atom. The highest BCUT2D eigenvalue weighted by atomic mass is 35.5. The van der Waals surface area contributed by atoms with Crippen LogP contribution in [0.3, 0.4) is 0 Å². The topological polar surface area (TPSA) is 43.1 Å². The van der Waals surface area contributed by atoms with Crippen molar-refractivity contribution in [3.8, 4) is 11.1 Å². The van der Waals surface area contributed by atoms with Crippen molar-refractivity contribution in [2.75, 3.05) is 0 Å². The number of nitro benzene ring substituents is 1. The Bertz CT molecular complexity index is 612. The third-order valence-electron chi connectivity index (χ3n) is 2.63. The maximum Gasteiger partial charge on any atom is 0.279 e. The Hall–Kier alpha value is -1.58. The first kappa shape index (κ1) is 12.9. The third-order valence-corrected chi connectivity index (χ3v) is 3.59. The Morgan fingerprint density at radius 3 is 2.28 bits per heavy atom. The molecule has 0 aliphatic rings. The van der Waals surface area contributed by atoms with Crippen LogP contribution in [0.5, 0.6) is 0 Å². The Balaban J connectivity index is 2.80. The van der Waals surface area contributed by atoms with Crippen molar-refractivity contribution >= 4 is 28.9 Å². The lowest BCUT2D eigenvalue weighted by Crippen LogP contribution is -1.95. The second-order valence-electron chi connectivity index (χ2n) is 3.84. The fourth-order valence-electron chi connectivity index (χ4n) is 1.76. The maximum absolute atomic E-state index is 11.1. The molecule has 0 saturated carbocycles. The molecule has 0 aromatic heterocycles. The number of halogens is 2. The molecule has 0 spiro atoms. The van der Waals surface area contributed by atoms with Gasteiger partial charge in [0.25, 0.3) is 5.69 Å². The van der Waals surface area contributed by atoms with E-state index in [4.69, 9.17) is 23.2 Å². The van der Waals surface area contributed by atoms with E-state index in [0.717, 1.165) is 0 Å². The predicted molar refractivity (Wildman–Crippen MR) is 73.3 cm³/mol. The zero-order chi connectivity index (χ0) is 13.3. The minimum absolute atomic E-state index is 0.0342. The fraction of sp³-hybridized carbons (Fsp3) is 0.0769. The van der Waals surface area contributed by atoms with Gasteiger partial charge in [0.05, 0.1) is 20.5 Å². The molecule has 0 N–H and O–H groups in total. The van der Waals surface area contributed by atoms with Crippen molar-refractivity contribution < 1.29 is 4.92 Å². The number of benzene rings is 2. The van der Waals surface area contributed by atoms with Gasteiger partial charge in [-0.3, -0.25) is 10.1 Å². The molecule has 2 aromatic carbocycles. The number of rotatable bonds is 2. The van der Waals surface area contributed by atoms with Gasteiger partial charge in [0.2, 0.25) is 0 Å². The number of aryl methyl sites for hydroxylation is 1. The van der Waals surface area contributed by atoms with Crippen molar-refractivity contribution in [2.24, 2.45) is 0 Å². The standard InChI is InChI=1S/C13H9Cl2NO2/c1-8-7-10(16(17)18)11(13(15)12(8)14)9-5-3-2-4-6-9/h2-7H,1H3. The summed E-state index contributed by atoms with van der Waals surface area (Å²) in [5.74, 6) is 0. The average Bonchev–Trinajstić information content (AvgIpc) is 2.36. The Kier molecular flexibility index (Phi) is 3.55. The molecule has 0 heterocycles. The molecule has 0 saturated heterocycles. The zero-order valence-electron chi connectivity index (χ0n) is 9.48. The molecule has 5 heteroatoms. The van der Waals surface area contributed by atoms with Crippen LogP contribution in [0.25, 0.3) is 11.1 Å². The molecule has 18 heavy (non-hydrogen) atoms. The van der Waals surface area contributed by atoms with E-state index < -0.39 is 4.92 Å². The average molecular weight is 282 g/mol. The highest BCUT2D eigenvalue weighted by Gasteiger charge is 2.22. The summed E-state index contributed by atoms with van der Waals surface area (Å²) < 4.78 is 0. The van der Waals surface area contributed by atoms with Gasteiger partial charge >= 0.3 is 0 Å². The van der Waals surface area contributed by atoms with Crippen molar-refractivity contribution in [2.45, 2.75) is 6.92 Å². The van der Waals surface area contributed by atoms with E-state index in [1.165, 1.54) is 6.07 Å². The normalized spacial score (nSPS) is 10.4. The molecule has 2 aromatic rings. The van der Waals surface area contributed by atoms with E-state index in [9.17, 15) is 10.1 Å². The van der Waals surface area contributed by atoms with Crippen LogP contribution in [0.2, 0.25) is 10.0 Å². The van der Waals surface area contributed by atoms with Gasteiger partial charge in [-0.25, -0.2) is 0 Å². The molecular formula is C13H9Cl2NO2. The summed E-state index contributed by atoms with van der Waals surface area (Å²) in [4.78, 5) is 10.7. The highest BCUT2D eigenvalue weighted by Crippen LogP contribution is 2.42. The summed E-state index contributed by atoms with van der Waals surface area (Å²) in [6.07, 6.45) is 0. The third kappa shape index (κ3) is 2.19. The van der Waals surface area contributed by atoms with E-state index in [2.05, 4.69) is 0 Å². The monoisotopic (exact) mass is 281 g/mol. The highest BCUT2D eigenvalue weighted by molar-refractivity contribution is 6.44. The molecule has 0 aliphatic carbocycles. The number of nitro groups is 1. The van der Waals surface area contributed by atoms with Gasteiger partial charge < -0.3 is 0 Å². The van der Waals surface area contributed by atoms with Crippen molar-refractivity contribution in [3.63, 3.8) is 0 Å². The van der Waals surface area contributed by atoms with Gasteiger partial charge in [-0.05, 0) is 18.1 Å². The summed E-state index contributed by atoms with van der Waals surface area (Å²) in [6, 6.07) is 10.4. The second-order valence-corrected chi connectivity index (χ2v) is 4.59. The first-order chi connectivity index (χ1) is 8.52. The summed E-state index contributed by atoms with van der Waals surface area (Å²) >= 11 is 12.2. The summed E-state index contributed by atoms with van der Waals surface area (Å²) in [6.45, 7) is 1.69. The van der Waals surface area contributed by atoms with Crippen LogP contribution in [-0.4, -0.2) is 4.92 Å². The molecular weight excluding hydrogens is 273 g/mol. The van der Waals surface area contributed by atoms with Crippen LogP contribution in [0, 0.1) is 17.0 Å². The largest absolute Gasteiger partial charge is 0.279 e. The smallest absolute Gasteiger partial charge is 0.258 e. The quantitative estimate of drug-likeness (QED) is 0.582. The maximum atomic E-state index is 11.1. The van der Waals surface area contributed by atoms with Crippen molar-refractivity contribution in [1.29, 1.82) is 0 Å². The summed E-state index contributed by atoms with van der Waals surface area (Å²) in [5, 5.41) is 11.7. The predicted octanol–water partition coefficient (Wildman–Crippen LogP) is 4.88. The zero-order valence-corrected chi connectivity index (χ0v) is 11.0. The Labute approximate surface area is 114 Å². The molecule has 0 fully saturated rings. The van der Waals surface area contributed by atoms with Gasteiger partial charge in [-0.1, -0.05) is 53.5 Å². The van der Waals surface area contributed by atoms with E-state index in [1.807, 2.05) is 6.07 Å². The van der Waals surface area contributed by atoms with Crippen molar-refractivity contribution in [1.82, 2.24) is 0 Å². The van der Waals surface area contributed by atoms with E-state index in [-0.39, 0.29) is 10.7 Å². The number of hydrogen-bond acceptors (Lipinski definition) is 2. The van der Waals surface area contributed by atoms with Crippen LogP contribution in [0.15, 0.2) is 36.4 Å². The van der Waals surface area contributed by atoms with Gasteiger partial charge in [0.15, 0.2) is 0 Å². The fourth-order valence-corrected chi connectivity index (χ4v) is 2.26. The van der Waals surface area contributed by atoms with Crippen LogP contribution >= 0.6 is 23.2 Å². The molecule has 0 unspecified atom stereocenters. The van der Waals surface area contributed by atoms with Gasteiger partial charge in [-0.15, -0.1) is 0 Å².